The van der Waals surface area contributed by atoms with Gasteiger partial charge in [0.2, 0.25) is 0 Å². The van der Waals surface area contributed by atoms with Crippen molar-refractivity contribution in [2.45, 2.75) is 45.8 Å². The normalized spacial score (nSPS) is 25.0. The van der Waals surface area contributed by atoms with Crippen LogP contribution < -0.4 is 9.64 Å². The molecule has 1 aromatic carbocycles. The number of morpholine rings is 1. The Kier molecular flexibility index (Phi) is 6.40. The van der Waals surface area contributed by atoms with Crippen molar-refractivity contribution in [3.05, 3.63) is 29.8 Å². The number of hydrogen-bond donors (Lipinski definition) is 1. The minimum absolute atomic E-state index is 0.0866. The highest BCUT2D eigenvalue weighted by Crippen LogP contribution is 2.12. The summed E-state index contributed by atoms with van der Waals surface area (Å²) in [5.41, 5.74) is 0.728. The lowest BCUT2D eigenvalue weighted by molar-refractivity contribution is -0.915. The van der Waals surface area contributed by atoms with E-state index in [0.717, 1.165) is 37.4 Å². The van der Waals surface area contributed by atoms with E-state index >= 15 is 0 Å². The van der Waals surface area contributed by atoms with E-state index in [2.05, 4.69) is 13.8 Å². The van der Waals surface area contributed by atoms with Crippen LogP contribution in [0.15, 0.2) is 24.3 Å². The molecule has 1 unspecified atom stereocenters. The quantitative estimate of drug-likeness (QED) is 0.616. The summed E-state index contributed by atoms with van der Waals surface area (Å²) in [4.78, 5) is 12.8. The molecule has 0 amide bonds. The van der Waals surface area contributed by atoms with Gasteiger partial charge < -0.3 is 14.4 Å². The van der Waals surface area contributed by atoms with Crippen molar-refractivity contribution in [3.8, 4) is 5.75 Å². The van der Waals surface area contributed by atoms with E-state index in [0.29, 0.717) is 12.2 Å². The molecule has 2 rings (SSSR count). The fraction of sp³-hybridized carbons (Fsp3) is 0.611. The first-order valence-electron chi connectivity index (χ1n) is 8.27. The summed E-state index contributed by atoms with van der Waals surface area (Å²) < 4.78 is 11.5. The SMILES string of the molecule is CC(=O)c1ccc(OCCCC[NH+]2C[C@@H](C)O[C@@H](C)C2)cc1. The third kappa shape index (κ3) is 5.43. The Hall–Kier alpha value is -1.39. The van der Waals surface area contributed by atoms with Crippen LogP contribution in [0.1, 0.15) is 44.0 Å². The van der Waals surface area contributed by atoms with Crippen LogP contribution in [-0.2, 0) is 4.74 Å². The predicted octanol–water partition coefficient (Wildman–Crippen LogP) is 1.74. The van der Waals surface area contributed by atoms with Crippen LogP contribution in [0.5, 0.6) is 5.75 Å². The van der Waals surface area contributed by atoms with Crippen LogP contribution in [0.4, 0.5) is 0 Å². The molecule has 0 spiro atoms. The van der Waals surface area contributed by atoms with Crippen molar-refractivity contribution in [3.63, 3.8) is 0 Å². The Morgan fingerprint density at radius 3 is 2.41 bits per heavy atom. The van der Waals surface area contributed by atoms with Crippen LogP contribution >= 0.6 is 0 Å². The number of ether oxygens (including phenoxy) is 2. The summed E-state index contributed by atoms with van der Waals surface area (Å²) in [5.74, 6) is 0.925. The van der Waals surface area contributed by atoms with Crippen LogP contribution in [0.2, 0.25) is 0 Å². The molecule has 0 aliphatic carbocycles. The first kappa shape index (κ1) is 17.0. The minimum atomic E-state index is 0.0866. The van der Waals surface area contributed by atoms with Gasteiger partial charge in [0.05, 0.1) is 13.2 Å². The van der Waals surface area contributed by atoms with Crippen molar-refractivity contribution >= 4 is 5.78 Å². The van der Waals surface area contributed by atoms with E-state index < -0.39 is 0 Å². The Morgan fingerprint density at radius 1 is 1.18 bits per heavy atom. The Morgan fingerprint density at radius 2 is 1.82 bits per heavy atom. The fourth-order valence-electron chi connectivity index (χ4n) is 3.05. The predicted molar refractivity (Wildman–Crippen MR) is 86.7 cm³/mol. The first-order valence-corrected chi connectivity index (χ1v) is 8.27. The van der Waals surface area contributed by atoms with Gasteiger partial charge in [-0.1, -0.05) is 0 Å². The van der Waals surface area contributed by atoms with Crippen molar-refractivity contribution in [1.29, 1.82) is 0 Å². The molecule has 22 heavy (non-hydrogen) atoms. The summed E-state index contributed by atoms with van der Waals surface area (Å²) >= 11 is 0. The zero-order valence-electron chi connectivity index (χ0n) is 13.9. The molecule has 0 saturated carbocycles. The number of carbonyl (C=O) groups is 1. The Bertz CT molecular complexity index is 462. The number of Topliss-reactive ketones (excluding diaryl/α,β-unsaturated/α-hetero) is 1. The number of ketones is 1. The monoisotopic (exact) mass is 306 g/mol. The largest absolute Gasteiger partial charge is 0.494 e. The van der Waals surface area contributed by atoms with Gasteiger partial charge in [0.1, 0.15) is 31.0 Å². The van der Waals surface area contributed by atoms with Gasteiger partial charge in [-0.2, -0.15) is 0 Å². The van der Waals surface area contributed by atoms with E-state index in [1.807, 2.05) is 24.3 Å². The summed E-state index contributed by atoms with van der Waals surface area (Å²) in [6.07, 6.45) is 2.96. The van der Waals surface area contributed by atoms with Gasteiger partial charge in [-0.3, -0.25) is 4.79 Å². The molecule has 3 atom stereocenters. The maximum absolute atomic E-state index is 11.2. The molecule has 1 N–H and O–H groups in total. The summed E-state index contributed by atoms with van der Waals surface area (Å²) in [6, 6.07) is 7.37. The van der Waals surface area contributed by atoms with Gasteiger partial charge in [-0.25, -0.2) is 0 Å². The molecule has 1 aromatic rings. The van der Waals surface area contributed by atoms with E-state index in [1.165, 1.54) is 13.0 Å². The maximum atomic E-state index is 11.2. The molecular formula is C18H28NO3+. The average Bonchev–Trinajstić information content (AvgIpc) is 2.46. The smallest absolute Gasteiger partial charge is 0.159 e. The highest BCUT2D eigenvalue weighted by atomic mass is 16.5. The highest BCUT2D eigenvalue weighted by molar-refractivity contribution is 5.94. The molecule has 0 aromatic heterocycles. The molecule has 1 aliphatic heterocycles. The van der Waals surface area contributed by atoms with Gasteiger partial charge in [0.15, 0.2) is 5.78 Å². The summed E-state index contributed by atoms with van der Waals surface area (Å²) in [7, 11) is 0. The van der Waals surface area contributed by atoms with Crippen molar-refractivity contribution in [1.82, 2.24) is 0 Å². The Balaban J connectivity index is 1.62. The second-order valence-corrected chi connectivity index (χ2v) is 6.30. The zero-order chi connectivity index (χ0) is 15.9. The van der Waals surface area contributed by atoms with Gasteiger partial charge in [-0.15, -0.1) is 0 Å². The lowest BCUT2D eigenvalue weighted by Gasteiger charge is -2.32. The summed E-state index contributed by atoms with van der Waals surface area (Å²) in [5, 5.41) is 0. The molecule has 1 fully saturated rings. The van der Waals surface area contributed by atoms with Crippen LogP contribution in [0, 0.1) is 0 Å². The number of hydrogen-bond acceptors (Lipinski definition) is 3. The first-order chi connectivity index (χ1) is 10.5. The van der Waals surface area contributed by atoms with Crippen LogP contribution in [-0.4, -0.2) is 44.2 Å². The van der Waals surface area contributed by atoms with E-state index in [1.54, 1.807) is 11.8 Å². The van der Waals surface area contributed by atoms with Crippen molar-refractivity contribution < 1.29 is 19.2 Å². The number of benzene rings is 1. The van der Waals surface area contributed by atoms with Gasteiger partial charge in [-0.05, 0) is 57.9 Å². The molecule has 4 heteroatoms. The zero-order valence-corrected chi connectivity index (χ0v) is 13.9. The number of carbonyl (C=O) groups excluding carboxylic acids is 1. The molecular weight excluding hydrogens is 278 g/mol. The maximum Gasteiger partial charge on any atom is 0.159 e. The van der Waals surface area contributed by atoms with E-state index in [-0.39, 0.29) is 5.78 Å². The van der Waals surface area contributed by atoms with Crippen molar-refractivity contribution in [2.75, 3.05) is 26.2 Å². The molecule has 1 saturated heterocycles. The molecule has 4 nitrogen and oxygen atoms in total. The molecule has 1 aliphatic rings. The Labute approximate surface area is 133 Å². The standard InChI is InChI=1S/C18H27NO3/c1-14-12-19(13-15(2)22-14)10-4-5-11-21-18-8-6-17(7-9-18)16(3)20/h6-9,14-15H,4-5,10-13H2,1-3H3/p+1/t14-,15+. The van der Waals surface area contributed by atoms with Crippen LogP contribution in [0.3, 0.4) is 0 Å². The molecule has 0 radical (unpaired) electrons. The molecule has 1 heterocycles. The third-order valence-electron chi connectivity index (χ3n) is 4.07. The molecule has 0 bridgehead atoms. The highest BCUT2D eigenvalue weighted by Gasteiger charge is 2.24. The third-order valence-corrected chi connectivity index (χ3v) is 4.07. The second kappa shape index (κ2) is 8.30. The van der Waals surface area contributed by atoms with E-state index in [4.69, 9.17) is 9.47 Å². The van der Waals surface area contributed by atoms with Crippen molar-refractivity contribution in [2.24, 2.45) is 0 Å². The number of unbranched alkanes of at least 4 members (excludes halogenated alkanes) is 1. The topological polar surface area (TPSA) is 40.0 Å². The number of quaternary nitrogens is 1. The average molecular weight is 306 g/mol. The number of rotatable bonds is 7. The van der Waals surface area contributed by atoms with Gasteiger partial charge in [0.25, 0.3) is 0 Å². The second-order valence-electron chi connectivity index (χ2n) is 6.30. The van der Waals surface area contributed by atoms with Gasteiger partial charge in [0, 0.05) is 5.56 Å². The summed E-state index contributed by atoms with van der Waals surface area (Å²) in [6.45, 7) is 10.0. The lowest BCUT2D eigenvalue weighted by atomic mass is 10.1. The lowest BCUT2D eigenvalue weighted by Crippen LogP contribution is -3.15. The molecule has 122 valence electrons. The number of nitrogens with one attached hydrogen (secondary N) is 1. The minimum Gasteiger partial charge on any atom is -0.494 e. The van der Waals surface area contributed by atoms with Gasteiger partial charge >= 0.3 is 0 Å². The van der Waals surface area contributed by atoms with Crippen LogP contribution in [0.25, 0.3) is 0 Å². The van der Waals surface area contributed by atoms with E-state index in [9.17, 15) is 4.79 Å². The fourth-order valence-corrected chi connectivity index (χ4v) is 3.05.